The number of hydrogen-bond acceptors (Lipinski definition) is 3. The van der Waals surface area contributed by atoms with E-state index in [1.54, 1.807) is 0 Å². The van der Waals surface area contributed by atoms with Crippen LogP contribution >= 0.6 is 0 Å². The molecule has 1 atom stereocenters. The topological polar surface area (TPSA) is 50.9 Å². The Morgan fingerprint density at radius 2 is 1.58 bits per heavy atom. The summed E-state index contributed by atoms with van der Waals surface area (Å²) >= 11 is 0. The molecule has 10 heteroatoms. The van der Waals surface area contributed by atoms with Crippen molar-refractivity contribution in [2.75, 3.05) is 0 Å². The second-order valence-corrected chi connectivity index (χ2v) is 3.64. The van der Waals surface area contributed by atoms with E-state index in [9.17, 15) is 30.7 Å². The van der Waals surface area contributed by atoms with Crippen molar-refractivity contribution < 1.29 is 30.7 Å². The van der Waals surface area contributed by atoms with Crippen LogP contribution in [0.4, 0.5) is 30.7 Å². The minimum atomic E-state index is -5.60. The van der Waals surface area contributed by atoms with E-state index in [0.29, 0.717) is 18.5 Å². The second-order valence-electron chi connectivity index (χ2n) is 3.64. The predicted octanol–water partition coefficient (Wildman–Crippen LogP) is 2.47. The van der Waals surface area contributed by atoms with Gasteiger partial charge < -0.3 is 0 Å². The van der Waals surface area contributed by atoms with Crippen LogP contribution in [-0.2, 0) is 0 Å². The lowest BCUT2D eigenvalue weighted by Crippen LogP contribution is -2.47. The summed E-state index contributed by atoms with van der Waals surface area (Å²) in [5.41, 5.74) is 0.761. The Balaban J connectivity index is 3.25. The fraction of sp³-hybridized carbons (Fsp3) is 0.444. The second kappa shape index (κ2) is 5.29. The van der Waals surface area contributed by atoms with Crippen LogP contribution in [0.5, 0.6) is 0 Å². The number of hydrogen-bond donors (Lipinski definition) is 2. The van der Waals surface area contributed by atoms with Gasteiger partial charge in [0.2, 0.25) is 0 Å². The van der Waals surface area contributed by atoms with E-state index in [0.717, 1.165) is 0 Å². The first-order valence-electron chi connectivity index (χ1n) is 4.77. The number of aromatic nitrogens is 1. The van der Waals surface area contributed by atoms with Gasteiger partial charge in [0.1, 0.15) is 5.82 Å². The molecule has 0 aliphatic rings. The SMILES string of the molecule is NNC(c1cncc(F)c1)C(C(F)(F)F)C(F)(F)F. The Labute approximate surface area is 102 Å². The van der Waals surface area contributed by atoms with Gasteiger partial charge in [0.05, 0.1) is 12.2 Å². The molecule has 0 saturated carbocycles. The molecule has 0 aliphatic carbocycles. The van der Waals surface area contributed by atoms with Gasteiger partial charge in [0, 0.05) is 6.20 Å². The van der Waals surface area contributed by atoms with Gasteiger partial charge in [-0.15, -0.1) is 0 Å². The van der Waals surface area contributed by atoms with Crippen molar-refractivity contribution in [2.24, 2.45) is 11.8 Å². The average molecular weight is 291 g/mol. The third-order valence-corrected chi connectivity index (χ3v) is 2.30. The Hall–Kier alpha value is -1.42. The van der Waals surface area contributed by atoms with E-state index < -0.39 is 35.7 Å². The third-order valence-electron chi connectivity index (χ3n) is 2.30. The number of nitrogens with two attached hydrogens (primary N) is 1. The number of nitrogens with one attached hydrogen (secondary N) is 1. The Morgan fingerprint density at radius 1 is 1.05 bits per heavy atom. The Kier molecular flexibility index (Phi) is 4.35. The molecule has 1 aromatic heterocycles. The summed E-state index contributed by atoms with van der Waals surface area (Å²) in [4.78, 5) is 3.19. The molecule has 0 fully saturated rings. The van der Waals surface area contributed by atoms with Crippen molar-refractivity contribution in [2.45, 2.75) is 18.4 Å². The summed E-state index contributed by atoms with van der Waals surface area (Å²) in [5, 5.41) is 0. The van der Waals surface area contributed by atoms with Crippen molar-refractivity contribution in [1.29, 1.82) is 0 Å². The monoisotopic (exact) mass is 291 g/mol. The normalized spacial score (nSPS) is 14.8. The zero-order chi connectivity index (χ0) is 14.8. The summed E-state index contributed by atoms with van der Waals surface area (Å²) in [6, 6.07) is -1.88. The zero-order valence-corrected chi connectivity index (χ0v) is 9.06. The molecular weight excluding hydrogens is 283 g/mol. The molecule has 0 spiro atoms. The molecule has 3 N–H and O–H groups in total. The molecule has 0 bridgehead atoms. The van der Waals surface area contributed by atoms with E-state index >= 15 is 0 Å². The maximum absolute atomic E-state index is 12.8. The van der Waals surface area contributed by atoms with Crippen LogP contribution in [0.2, 0.25) is 0 Å². The maximum Gasteiger partial charge on any atom is 0.402 e. The lowest BCUT2D eigenvalue weighted by atomic mass is 9.93. The minimum absolute atomic E-state index is 0.502. The molecule has 0 radical (unpaired) electrons. The van der Waals surface area contributed by atoms with Gasteiger partial charge in [-0.25, -0.2) is 4.39 Å². The van der Waals surface area contributed by atoms with Crippen LogP contribution in [0.15, 0.2) is 18.5 Å². The molecule has 108 valence electrons. The first-order chi connectivity index (χ1) is 8.57. The summed E-state index contributed by atoms with van der Waals surface area (Å²) in [7, 11) is 0. The quantitative estimate of drug-likeness (QED) is 0.511. The highest BCUT2D eigenvalue weighted by atomic mass is 19.4. The van der Waals surface area contributed by atoms with Crippen molar-refractivity contribution >= 4 is 0 Å². The summed E-state index contributed by atoms with van der Waals surface area (Å²) in [6.45, 7) is 0. The van der Waals surface area contributed by atoms with Crippen LogP contribution in [-0.4, -0.2) is 17.3 Å². The highest BCUT2D eigenvalue weighted by Crippen LogP contribution is 2.46. The first kappa shape index (κ1) is 15.6. The molecule has 0 aromatic carbocycles. The summed E-state index contributed by atoms with van der Waals surface area (Å²) < 4.78 is 87.9. The van der Waals surface area contributed by atoms with Crippen LogP contribution < -0.4 is 11.3 Å². The molecule has 1 aromatic rings. The fourth-order valence-corrected chi connectivity index (χ4v) is 1.55. The van der Waals surface area contributed by atoms with Gasteiger partial charge in [0.25, 0.3) is 0 Å². The Morgan fingerprint density at radius 3 is 1.95 bits per heavy atom. The molecule has 0 amide bonds. The smallest absolute Gasteiger partial charge is 0.271 e. The van der Waals surface area contributed by atoms with E-state index in [2.05, 4.69) is 4.98 Å². The zero-order valence-electron chi connectivity index (χ0n) is 9.06. The maximum atomic E-state index is 12.8. The number of pyridine rings is 1. The minimum Gasteiger partial charge on any atom is -0.271 e. The Bertz CT molecular complexity index is 415. The van der Waals surface area contributed by atoms with Crippen molar-refractivity contribution in [3.05, 3.63) is 29.8 Å². The van der Waals surface area contributed by atoms with Crippen LogP contribution in [0.1, 0.15) is 11.6 Å². The number of alkyl halides is 6. The van der Waals surface area contributed by atoms with Gasteiger partial charge in [-0.05, 0) is 11.6 Å². The average Bonchev–Trinajstić information content (AvgIpc) is 2.21. The van der Waals surface area contributed by atoms with Gasteiger partial charge in [0.15, 0.2) is 5.92 Å². The van der Waals surface area contributed by atoms with E-state index in [4.69, 9.17) is 5.84 Å². The summed E-state index contributed by atoms with van der Waals surface area (Å²) in [5.74, 6) is -0.0896. The van der Waals surface area contributed by atoms with Gasteiger partial charge in [-0.3, -0.25) is 16.3 Å². The largest absolute Gasteiger partial charge is 0.402 e. The van der Waals surface area contributed by atoms with Crippen molar-refractivity contribution in [3.8, 4) is 0 Å². The van der Waals surface area contributed by atoms with Gasteiger partial charge in [-0.2, -0.15) is 26.3 Å². The number of nitrogens with zero attached hydrogens (tertiary/aromatic N) is 1. The van der Waals surface area contributed by atoms with Crippen molar-refractivity contribution in [1.82, 2.24) is 10.4 Å². The van der Waals surface area contributed by atoms with Crippen LogP contribution in [0.3, 0.4) is 0 Å². The molecular formula is C9H8F7N3. The van der Waals surface area contributed by atoms with E-state index in [-0.39, 0.29) is 0 Å². The molecule has 1 heterocycles. The van der Waals surface area contributed by atoms with Crippen molar-refractivity contribution in [3.63, 3.8) is 0 Å². The summed E-state index contributed by atoms with van der Waals surface area (Å²) in [6.07, 6.45) is -9.87. The van der Waals surface area contributed by atoms with Gasteiger partial charge >= 0.3 is 12.4 Å². The molecule has 1 unspecified atom stereocenters. The van der Waals surface area contributed by atoms with E-state index in [1.807, 2.05) is 0 Å². The lowest BCUT2D eigenvalue weighted by molar-refractivity contribution is -0.293. The molecule has 0 saturated heterocycles. The molecule has 1 rings (SSSR count). The predicted molar refractivity (Wildman–Crippen MR) is 49.9 cm³/mol. The third kappa shape index (κ3) is 3.77. The van der Waals surface area contributed by atoms with Gasteiger partial charge in [-0.1, -0.05) is 0 Å². The fourth-order valence-electron chi connectivity index (χ4n) is 1.55. The highest BCUT2D eigenvalue weighted by Gasteiger charge is 2.60. The van der Waals surface area contributed by atoms with E-state index in [1.165, 1.54) is 5.43 Å². The lowest BCUT2D eigenvalue weighted by Gasteiger charge is -2.30. The number of rotatable bonds is 3. The number of halogens is 7. The first-order valence-corrected chi connectivity index (χ1v) is 4.77. The highest BCUT2D eigenvalue weighted by molar-refractivity contribution is 5.17. The molecule has 19 heavy (non-hydrogen) atoms. The molecule has 3 nitrogen and oxygen atoms in total. The van der Waals surface area contributed by atoms with Crippen LogP contribution in [0, 0.1) is 11.7 Å². The van der Waals surface area contributed by atoms with Crippen LogP contribution in [0.25, 0.3) is 0 Å². The number of hydrazine groups is 1. The standard InChI is InChI=1S/C9H8F7N3/c10-5-1-4(2-18-3-5)6(19-17)7(8(11,12)13)9(14,15)16/h1-3,6-7,19H,17H2. The molecule has 0 aliphatic heterocycles.